The molecule has 0 unspecified atom stereocenters. The smallest absolute Gasteiger partial charge is 0.339 e. The molecule has 0 amide bonds. The van der Waals surface area contributed by atoms with Crippen LogP contribution >= 0.6 is 0 Å². The van der Waals surface area contributed by atoms with Gasteiger partial charge in [-0.2, -0.15) is 0 Å². The van der Waals surface area contributed by atoms with E-state index < -0.39 is 42.5 Å². The van der Waals surface area contributed by atoms with Crippen molar-refractivity contribution in [3.8, 4) is 0 Å². The number of hydrogen-bond donors (Lipinski definition) is 5. The van der Waals surface area contributed by atoms with Gasteiger partial charge >= 0.3 is 5.97 Å². The molecular formula is C18H34N2O12-2. The summed E-state index contributed by atoms with van der Waals surface area (Å²) in [5.41, 5.74) is 0. The van der Waals surface area contributed by atoms with Crippen molar-refractivity contribution in [2.24, 2.45) is 0 Å². The molecule has 0 fully saturated rings. The van der Waals surface area contributed by atoms with E-state index >= 15 is 0 Å². The zero-order valence-corrected chi connectivity index (χ0v) is 18.6. The summed E-state index contributed by atoms with van der Waals surface area (Å²) in [5.74, 6) is -4.05. The van der Waals surface area contributed by atoms with Crippen LogP contribution in [-0.2, 0) is 23.9 Å². The van der Waals surface area contributed by atoms with Crippen LogP contribution in [0.2, 0.25) is 0 Å². The van der Waals surface area contributed by atoms with E-state index in [0.717, 1.165) is 0 Å². The lowest BCUT2D eigenvalue weighted by molar-refractivity contribution is -0.308. The Kier molecular flexibility index (Phi) is 22.0. The Labute approximate surface area is 186 Å². The van der Waals surface area contributed by atoms with Gasteiger partial charge in [-0.15, -0.1) is 0 Å². The zero-order chi connectivity index (χ0) is 25.9. The lowest BCUT2D eigenvalue weighted by atomic mass is 10.2. The molecule has 14 heteroatoms. The molecule has 0 aromatic rings. The summed E-state index contributed by atoms with van der Waals surface area (Å²) in [7, 11) is 7.47. The van der Waals surface area contributed by atoms with Gasteiger partial charge < -0.3 is 59.9 Å². The van der Waals surface area contributed by atoms with E-state index in [1.807, 2.05) is 38.0 Å². The molecule has 0 aliphatic rings. The van der Waals surface area contributed by atoms with Crippen LogP contribution in [0.3, 0.4) is 0 Å². The maximum absolute atomic E-state index is 9.97. The standard InChI is InChI=1S/2C7H15NO3.C4H6O6/c2*1-8(2)4-3-6(9)5-7(10)11;5-1-10-4(9)2(6)3(7)8/h2*6,9H,3-5H2,1-2H3,(H,10,11);1-2,4,6,9H,(H,7,8)/p-2/t2*6-;2-,4-/m000/s1. The molecule has 0 rings (SSSR count). The second-order valence-corrected chi connectivity index (χ2v) is 7.05. The Morgan fingerprint density at radius 2 is 1.19 bits per heavy atom. The van der Waals surface area contributed by atoms with Gasteiger partial charge in [-0.05, 0) is 54.1 Å². The molecule has 0 aliphatic heterocycles. The topological polar surface area (TPSA) is 231 Å². The van der Waals surface area contributed by atoms with Gasteiger partial charge in [0.1, 0.15) is 0 Å². The van der Waals surface area contributed by atoms with Crippen LogP contribution in [0, 0.1) is 0 Å². The van der Waals surface area contributed by atoms with Crippen LogP contribution in [0.25, 0.3) is 0 Å². The Morgan fingerprint density at radius 1 is 0.844 bits per heavy atom. The molecule has 5 N–H and O–H groups in total. The minimum absolute atomic E-state index is 0.156. The Bertz CT molecular complexity index is 500. The first-order valence-corrected chi connectivity index (χ1v) is 9.37. The summed E-state index contributed by atoms with van der Waals surface area (Å²) in [4.78, 5) is 43.0. The number of carbonyl (C=O) groups is 4. The predicted molar refractivity (Wildman–Crippen MR) is 104 cm³/mol. The van der Waals surface area contributed by atoms with Crippen molar-refractivity contribution in [1.29, 1.82) is 0 Å². The van der Waals surface area contributed by atoms with Crippen molar-refractivity contribution in [3.63, 3.8) is 0 Å². The molecule has 4 atom stereocenters. The zero-order valence-electron chi connectivity index (χ0n) is 18.6. The normalized spacial score (nSPS) is 14.1. The summed E-state index contributed by atoms with van der Waals surface area (Å²) in [6.07, 6.45) is -5.24. The Hall–Kier alpha value is -2.36. The third kappa shape index (κ3) is 27.6. The molecule has 0 radical (unpaired) electrons. The van der Waals surface area contributed by atoms with Crippen LogP contribution < -0.4 is 10.2 Å². The number of aliphatic carboxylic acids is 3. The molecule has 0 aromatic heterocycles. The van der Waals surface area contributed by atoms with Gasteiger partial charge in [-0.25, -0.2) is 4.79 Å². The van der Waals surface area contributed by atoms with E-state index in [-0.39, 0.29) is 19.3 Å². The largest absolute Gasteiger partial charge is 0.550 e. The average Bonchev–Trinajstić information content (AvgIpc) is 2.64. The summed E-state index contributed by atoms with van der Waals surface area (Å²) < 4.78 is 3.71. The molecule has 0 aromatic carbocycles. The lowest BCUT2D eigenvalue weighted by Crippen LogP contribution is -2.35. The third-order valence-corrected chi connectivity index (χ3v) is 3.34. The predicted octanol–water partition coefficient (Wildman–Crippen LogP) is -5.20. The van der Waals surface area contributed by atoms with Crippen molar-refractivity contribution in [2.45, 2.75) is 50.3 Å². The maximum Gasteiger partial charge on any atom is 0.339 e. The van der Waals surface area contributed by atoms with E-state index in [9.17, 15) is 29.4 Å². The second kappa shape index (κ2) is 20.5. The number of hydrogen-bond acceptors (Lipinski definition) is 13. The molecule has 14 nitrogen and oxygen atoms in total. The molecule has 0 bridgehead atoms. The van der Waals surface area contributed by atoms with Gasteiger partial charge in [-0.1, -0.05) is 0 Å². The van der Waals surface area contributed by atoms with E-state index in [0.29, 0.717) is 25.9 Å². The Balaban J connectivity index is -0.000000395. The monoisotopic (exact) mass is 470 g/mol. The van der Waals surface area contributed by atoms with Crippen molar-refractivity contribution >= 4 is 24.4 Å². The first-order chi connectivity index (χ1) is 14.6. The highest BCUT2D eigenvalue weighted by Gasteiger charge is 2.24. The number of rotatable bonds is 14. The van der Waals surface area contributed by atoms with Crippen LogP contribution in [0.15, 0.2) is 0 Å². The summed E-state index contributed by atoms with van der Waals surface area (Å²) >= 11 is 0. The molecule has 0 aliphatic carbocycles. The molecule has 0 spiro atoms. The molecule has 190 valence electrons. The SMILES string of the molecule is CN(C)CC[C@H](O)CC(=O)[O-].CN(C)CC[C@H](O)CC(=O)[O-].O=CO[C@H](O)[C@@H](O)C(=O)O. The van der Waals surface area contributed by atoms with Crippen molar-refractivity contribution in [3.05, 3.63) is 0 Å². The summed E-state index contributed by atoms with van der Waals surface area (Å²) in [6, 6.07) is 0. The van der Waals surface area contributed by atoms with Crippen LogP contribution in [0.1, 0.15) is 25.7 Å². The van der Waals surface area contributed by atoms with E-state index in [4.69, 9.17) is 25.5 Å². The lowest BCUT2D eigenvalue weighted by Gasteiger charge is -2.14. The minimum atomic E-state index is -2.09. The molecular weight excluding hydrogens is 436 g/mol. The number of carboxylic acid groups (broad SMARTS) is 3. The van der Waals surface area contributed by atoms with Crippen LogP contribution in [0.4, 0.5) is 0 Å². The van der Waals surface area contributed by atoms with Crippen LogP contribution in [0.5, 0.6) is 0 Å². The Morgan fingerprint density at radius 3 is 1.41 bits per heavy atom. The summed E-state index contributed by atoms with van der Waals surface area (Å²) in [5, 5.41) is 62.8. The number of aliphatic hydroxyl groups excluding tert-OH is 4. The maximum atomic E-state index is 9.97. The fraction of sp³-hybridized carbons (Fsp3) is 0.778. The van der Waals surface area contributed by atoms with Gasteiger partial charge in [0.15, 0.2) is 0 Å². The van der Waals surface area contributed by atoms with Gasteiger partial charge in [0, 0.05) is 24.8 Å². The first-order valence-electron chi connectivity index (χ1n) is 9.37. The van der Waals surface area contributed by atoms with Crippen molar-refractivity contribution < 1.29 is 59.7 Å². The van der Waals surface area contributed by atoms with Crippen molar-refractivity contribution in [2.75, 3.05) is 41.3 Å². The first kappa shape index (κ1) is 34.3. The quantitative estimate of drug-likeness (QED) is 0.118. The highest BCUT2D eigenvalue weighted by molar-refractivity contribution is 5.72. The van der Waals surface area contributed by atoms with E-state index in [1.54, 1.807) is 0 Å². The third-order valence-electron chi connectivity index (χ3n) is 3.34. The molecule has 0 heterocycles. The number of ether oxygens (including phenoxy) is 1. The molecule has 0 saturated carbocycles. The number of aliphatic hydroxyl groups is 4. The highest BCUT2D eigenvalue weighted by Crippen LogP contribution is 1.97. The number of carbonyl (C=O) groups excluding carboxylic acids is 3. The van der Waals surface area contributed by atoms with E-state index in [2.05, 4.69) is 4.74 Å². The van der Waals surface area contributed by atoms with Gasteiger partial charge in [0.05, 0.1) is 12.2 Å². The van der Waals surface area contributed by atoms with Crippen LogP contribution in [-0.4, -0.2) is 126 Å². The summed E-state index contributed by atoms with van der Waals surface area (Å²) in [6.45, 7) is 1.22. The average molecular weight is 470 g/mol. The fourth-order valence-electron chi connectivity index (χ4n) is 1.66. The highest BCUT2D eigenvalue weighted by atomic mass is 16.6. The van der Waals surface area contributed by atoms with Gasteiger partial charge in [0.2, 0.25) is 12.4 Å². The minimum Gasteiger partial charge on any atom is -0.550 e. The van der Waals surface area contributed by atoms with Crippen molar-refractivity contribution in [1.82, 2.24) is 9.80 Å². The number of carboxylic acids is 3. The van der Waals surface area contributed by atoms with Gasteiger partial charge in [0.25, 0.3) is 6.47 Å². The van der Waals surface area contributed by atoms with E-state index in [1.165, 1.54) is 0 Å². The van der Waals surface area contributed by atoms with Gasteiger partial charge in [-0.3, -0.25) is 4.79 Å². The number of nitrogens with zero attached hydrogens (tertiary/aromatic N) is 2. The second-order valence-electron chi connectivity index (χ2n) is 7.05. The fourth-order valence-corrected chi connectivity index (χ4v) is 1.66. The molecule has 32 heavy (non-hydrogen) atoms. The molecule has 0 saturated heterocycles.